The highest BCUT2D eigenvalue weighted by Crippen LogP contribution is 2.22. The van der Waals surface area contributed by atoms with Gasteiger partial charge < -0.3 is 14.6 Å². The molecule has 1 N–H and O–H groups in total. The fraction of sp³-hybridized carbons (Fsp3) is 0.500. The zero-order chi connectivity index (χ0) is 17.9. The summed E-state index contributed by atoms with van der Waals surface area (Å²) in [5, 5.41) is 4.00. The van der Waals surface area contributed by atoms with Crippen LogP contribution in [-0.4, -0.2) is 50.2 Å². The lowest BCUT2D eigenvalue weighted by Crippen LogP contribution is -2.35. The molecule has 2 heterocycles. The van der Waals surface area contributed by atoms with Crippen molar-refractivity contribution in [1.29, 1.82) is 0 Å². The number of sulfone groups is 1. The van der Waals surface area contributed by atoms with Crippen LogP contribution >= 0.6 is 0 Å². The Morgan fingerprint density at radius 1 is 1.36 bits per heavy atom. The van der Waals surface area contributed by atoms with E-state index in [1.807, 2.05) is 12.1 Å². The van der Waals surface area contributed by atoms with Gasteiger partial charge in [0.25, 0.3) is 0 Å². The van der Waals surface area contributed by atoms with Gasteiger partial charge in [-0.3, -0.25) is 4.79 Å². The summed E-state index contributed by atoms with van der Waals surface area (Å²) in [4.78, 5) is 12.2. The van der Waals surface area contributed by atoms with E-state index in [0.717, 1.165) is 23.0 Å². The Balaban J connectivity index is 1.64. The van der Waals surface area contributed by atoms with Crippen molar-refractivity contribution < 1.29 is 17.9 Å². The van der Waals surface area contributed by atoms with Gasteiger partial charge in [0.2, 0.25) is 5.91 Å². The first kappa shape index (κ1) is 17.9. The third kappa shape index (κ3) is 4.41. The Hall–Kier alpha value is -1.86. The number of amides is 1. The third-order valence-electron chi connectivity index (χ3n) is 4.63. The minimum absolute atomic E-state index is 0.0645. The molecule has 1 aromatic heterocycles. The number of nitrogens with zero attached hydrogens (tertiary/aromatic N) is 1. The van der Waals surface area contributed by atoms with Crippen molar-refractivity contribution >= 4 is 26.6 Å². The van der Waals surface area contributed by atoms with Crippen LogP contribution in [0.15, 0.2) is 30.5 Å². The summed E-state index contributed by atoms with van der Waals surface area (Å²) < 4.78 is 30.3. The number of nitrogens with one attached hydrogen (secondary N) is 1. The maximum absolute atomic E-state index is 12.2. The molecule has 2 aromatic rings. The van der Waals surface area contributed by atoms with Gasteiger partial charge in [-0.1, -0.05) is 18.2 Å². The van der Waals surface area contributed by atoms with E-state index < -0.39 is 9.84 Å². The van der Waals surface area contributed by atoms with Gasteiger partial charge >= 0.3 is 0 Å². The molecule has 1 aliphatic rings. The molecule has 7 heteroatoms. The minimum Gasteiger partial charge on any atom is -0.383 e. The van der Waals surface area contributed by atoms with E-state index in [4.69, 9.17) is 4.74 Å². The summed E-state index contributed by atoms with van der Waals surface area (Å²) >= 11 is 0. The highest BCUT2D eigenvalue weighted by Gasteiger charge is 2.28. The van der Waals surface area contributed by atoms with Gasteiger partial charge in [-0.05, 0) is 24.5 Å². The molecule has 1 fully saturated rings. The summed E-state index contributed by atoms with van der Waals surface area (Å²) in [5.74, 6) is 0.149. The molecular weight excluding hydrogens is 340 g/mol. The summed E-state index contributed by atoms with van der Waals surface area (Å²) in [6, 6.07) is 7.90. The van der Waals surface area contributed by atoms with E-state index >= 15 is 0 Å². The molecule has 1 amide bonds. The molecule has 0 bridgehead atoms. The zero-order valence-corrected chi connectivity index (χ0v) is 15.2. The number of carbonyl (C=O) groups excluding carboxylic acids is 1. The number of aromatic nitrogens is 1. The van der Waals surface area contributed by atoms with Crippen molar-refractivity contribution in [3.8, 4) is 0 Å². The van der Waals surface area contributed by atoms with Crippen molar-refractivity contribution in [2.45, 2.75) is 31.8 Å². The van der Waals surface area contributed by atoms with Crippen LogP contribution in [0.25, 0.3) is 10.9 Å². The van der Waals surface area contributed by atoms with Gasteiger partial charge in [-0.15, -0.1) is 0 Å². The van der Waals surface area contributed by atoms with E-state index in [1.165, 1.54) is 0 Å². The van der Waals surface area contributed by atoms with Crippen molar-refractivity contribution in [2.24, 2.45) is 0 Å². The van der Waals surface area contributed by atoms with Crippen LogP contribution in [0.1, 0.15) is 18.4 Å². The first-order valence-corrected chi connectivity index (χ1v) is 10.4. The number of rotatable bonds is 7. The summed E-state index contributed by atoms with van der Waals surface area (Å²) in [5.41, 5.74) is 2.26. The molecule has 0 radical (unpaired) electrons. The molecule has 1 aliphatic heterocycles. The lowest BCUT2D eigenvalue weighted by molar-refractivity contribution is -0.121. The number of methoxy groups -OCH3 is 1. The normalized spacial score (nSPS) is 19.3. The molecule has 0 saturated carbocycles. The van der Waals surface area contributed by atoms with Crippen LogP contribution < -0.4 is 5.32 Å². The predicted molar refractivity (Wildman–Crippen MR) is 97.3 cm³/mol. The van der Waals surface area contributed by atoms with Crippen LogP contribution in [-0.2, 0) is 32.3 Å². The standard InChI is InChI=1S/C18H24N2O4S/c1-24-10-9-20-12-14(16-4-2-3-5-17(16)20)6-7-18(21)19-15-8-11-25(22,23)13-15/h2-5,12,15H,6-11,13H2,1H3,(H,19,21)/t15-/m1/s1. The minimum atomic E-state index is -2.97. The Bertz CT molecular complexity index is 857. The van der Waals surface area contributed by atoms with Crippen LogP contribution in [0, 0.1) is 0 Å². The molecule has 0 spiro atoms. The van der Waals surface area contributed by atoms with Crippen LogP contribution in [0.3, 0.4) is 0 Å². The molecule has 6 nitrogen and oxygen atoms in total. The number of carbonyl (C=O) groups is 1. The van der Waals surface area contributed by atoms with Gasteiger partial charge in [-0.2, -0.15) is 0 Å². The SMILES string of the molecule is COCCn1cc(CCC(=O)N[C@@H]2CCS(=O)(=O)C2)c2ccccc21. The zero-order valence-electron chi connectivity index (χ0n) is 14.4. The van der Waals surface area contributed by atoms with Crippen molar-refractivity contribution in [1.82, 2.24) is 9.88 Å². The Kier molecular flexibility index (Phi) is 5.44. The fourth-order valence-electron chi connectivity index (χ4n) is 3.35. The first-order valence-electron chi connectivity index (χ1n) is 8.54. The number of benzene rings is 1. The van der Waals surface area contributed by atoms with Crippen molar-refractivity contribution in [2.75, 3.05) is 25.2 Å². The largest absolute Gasteiger partial charge is 0.383 e. The third-order valence-corrected chi connectivity index (χ3v) is 6.39. The van der Waals surface area contributed by atoms with Crippen LogP contribution in [0.2, 0.25) is 0 Å². The molecule has 0 unspecified atom stereocenters. The van der Waals surface area contributed by atoms with Crippen LogP contribution in [0.4, 0.5) is 0 Å². The van der Waals surface area contributed by atoms with Gasteiger partial charge in [0, 0.05) is 43.2 Å². The van der Waals surface area contributed by atoms with Gasteiger partial charge in [0.1, 0.15) is 0 Å². The first-order chi connectivity index (χ1) is 12.0. The second-order valence-electron chi connectivity index (χ2n) is 6.53. The number of hydrogen-bond acceptors (Lipinski definition) is 4. The molecule has 25 heavy (non-hydrogen) atoms. The van der Waals surface area contributed by atoms with E-state index in [9.17, 15) is 13.2 Å². The van der Waals surface area contributed by atoms with E-state index in [0.29, 0.717) is 25.9 Å². The van der Waals surface area contributed by atoms with Gasteiger partial charge in [0.15, 0.2) is 9.84 Å². The summed E-state index contributed by atoms with van der Waals surface area (Å²) in [7, 11) is -1.29. The van der Waals surface area contributed by atoms with E-state index in [2.05, 4.69) is 28.2 Å². The average Bonchev–Trinajstić information content (AvgIpc) is 3.11. The lowest BCUT2D eigenvalue weighted by atomic mass is 10.1. The fourth-order valence-corrected chi connectivity index (χ4v) is 5.03. The Morgan fingerprint density at radius 2 is 2.16 bits per heavy atom. The lowest BCUT2D eigenvalue weighted by Gasteiger charge is -2.10. The molecule has 1 saturated heterocycles. The number of fused-ring (bicyclic) bond motifs is 1. The van der Waals surface area contributed by atoms with Crippen molar-refractivity contribution in [3.63, 3.8) is 0 Å². The summed E-state index contributed by atoms with van der Waals surface area (Å²) in [6.07, 6.45) is 3.59. The maximum atomic E-state index is 12.2. The van der Waals surface area contributed by atoms with Crippen molar-refractivity contribution in [3.05, 3.63) is 36.0 Å². The van der Waals surface area contributed by atoms with Gasteiger partial charge in [0.05, 0.1) is 18.1 Å². The molecule has 0 aliphatic carbocycles. The Morgan fingerprint density at radius 3 is 2.88 bits per heavy atom. The number of para-hydroxylation sites is 1. The summed E-state index contributed by atoms with van der Waals surface area (Å²) in [6.45, 7) is 1.40. The molecule has 1 atom stereocenters. The number of ether oxygens (including phenoxy) is 1. The second kappa shape index (κ2) is 7.58. The quantitative estimate of drug-likeness (QED) is 0.808. The molecule has 136 valence electrons. The monoisotopic (exact) mass is 364 g/mol. The number of hydrogen-bond donors (Lipinski definition) is 1. The average molecular weight is 364 g/mol. The van der Waals surface area contributed by atoms with E-state index in [1.54, 1.807) is 7.11 Å². The van der Waals surface area contributed by atoms with E-state index in [-0.39, 0.29) is 23.5 Å². The smallest absolute Gasteiger partial charge is 0.220 e. The maximum Gasteiger partial charge on any atom is 0.220 e. The molecular formula is C18H24N2O4S. The highest BCUT2D eigenvalue weighted by molar-refractivity contribution is 7.91. The number of aryl methyl sites for hydroxylation is 1. The van der Waals surface area contributed by atoms with Gasteiger partial charge in [-0.25, -0.2) is 8.42 Å². The van der Waals surface area contributed by atoms with Crippen LogP contribution in [0.5, 0.6) is 0 Å². The molecule has 1 aromatic carbocycles. The highest BCUT2D eigenvalue weighted by atomic mass is 32.2. The second-order valence-corrected chi connectivity index (χ2v) is 8.75. The Labute approximate surface area is 148 Å². The molecule has 3 rings (SSSR count). The topological polar surface area (TPSA) is 77.4 Å². The predicted octanol–water partition coefficient (Wildman–Crippen LogP) is 1.52.